The molecule has 0 aliphatic rings. The Morgan fingerprint density at radius 1 is 0.839 bits per heavy atom. The van der Waals surface area contributed by atoms with E-state index in [1.165, 1.54) is 36.4 Å². The zero-order valence-corrected chi connectivity index (χ0v) is 16.8. The lowest BCUT2D eigenvalue weighted by atomic mass is 10.00. The molecule has 0 aliphatic heterocycles. The van der Waals surface area contributed by atoms with Gasteiger partial charge >= 0.3 is 11.9 Å². The molecule has 4 rings (SSSR count). The summed E-state index contributed by atoms with van der Waals surface area (Å²) in [4.78, 5) is 30.8. The van der Waals surface area contributed by atoms with Gasteiger partial charge in [0.1, 0.15) is 10.6 Å². The van der Waals surface area contributed by atoms with Gasteiger partial charge in [-0.3, -0.25) is 4.55 Å². The average molecular weight is 459 g/mol. The fourth-order valence-electron chi connectivity index (χ4n) is 3.29. The van der Waals surface area contributed by atoms with Crippen molar-refractivity contribution in [2.75, 3.05) is 0 Å². The molecule has 0 radical (unpaired) electrons. The van der Waals surface area contributed by atoms with E-state index in [1.54, 1.807) is 12.1 Å². The zero-order valence-electron chi connectivity index (χ0n) is 15.3. The first-order valence-corrected chi connectivity index (χ1v) is 10.4. The van der Waals surface area contributed by atoms with Crippen molar-refractivity contribution in [3.8, 4) is 11.1 Å². The number of hydrogen-bond acceptors (Lipinski definition) is 6. The van der Waals surface area contributed by atoms with Crippen molar-refractivity contribution >= 4 is 55.5 Å². The minimum atomic E-state index is -4.79. The molecule has 0 bridgehead atoms. The Labute approximate surface area is 179 Å². The minimum Gasteiger partial charge on any atom is -0.477 e. The monoisotopic (exact) mass is 458 g/mol. The van der Waals surface area contributed by atoms with E-state index in [-0.39, 0.29) is 32.9 Å². The molecular formula is C20H11ClN2O7S. The van der Waals surface area contributed by atoms with Crippen LogP contribution in [0.2, 0.25) is 5.02 Å². The third kappa shape index (κ3) is 3.56. The van der Waals surface area contributed by atoms with Crippen LogP contribution in [0, 0.1) is 0 Å². The molecule has 0 aliphatic carbocycles. The van der Waals surface area contributed by atoms with Gasteiger partial charge in [-0.05, 0) is 18.2 Å². The van der Waals surface area contributed by atoms with Gasteiger partial charge in [-0.2, -0.15) is 8.42 Å². The lowest BCUT2D eigenvalue weighted by Gasteiger charge is -2.13. The van der Waals surface area contributed by atoms with Crippen molar-refractivity contribution in [1.29, 1.82) is 0 Å². The molecule has 4 aromatic rings. The predicted octanol–water partition coefficient (Wildman–Crippen LogP) is 3.75. The molecule has 0 unspecified atom stereocenters. The summed E-state index contributed by atoms with van der Waals surface area (Å²) in [7, 11) is -4.79. The van der Waals surface area contributed by atoms with Gasteiger partial charge in [0.25, 0.3) is 10.1 Å². The van der Waals surface area contributed by atoms with E-state index < -0.39 is 32.6 Å². The number of aromatic nitrogens is 2. The quantitative estimate of drug-likeness (QED) is 0.306. The van der Waals surface area contributed by atoms with Gasteiger partial charge in [-0.1, -0.05) is 41.9 Å². The normalized spacial score (nSPS) is 11.7. The summed E-state index contributed by atoms with van der Waals surface area (Å²) in [6.45, 7) is 0. The van der Waals surface area contributed by atoms with E-state index in [9.17, 15) is 32.8 Å². The molecule has 0 saturated heterocycles. The Morgan fingerprint density at radius 3 is 2.13 bits per heavy atom. The molecule has 11 heteroatoms. The smallest absolute Gasteiger partial charge is 0.355 e. The number of aromatic carboxylic acids is 2. The second kappa shape index (κ2) is 7.27. The molecule has 9 nitrogen and oxygen atoms in total. The number of nitrogens with zero attached hydrogens (tertiary/aromatic N) is 2. The summed E-state index contributed by atoms with van der Waals surface area (Å²) in [5.41, 5.74) is -0.705. The van der Waals surface area contributed by atoms with Gasteiger partial charge in [-0.15, -0.1) is 0 Å². The first-order valence-electron chi connectivity index (χ1n) is 8.55. The second-order valence-corrected chi connectivity index (χ2v) is 8.26. The Bertz CT molecular complexity index is 1530. The number of benzene rings is 2. The summed E-state index contributed by atoms with van der Waals surface area (Å²) in [5.74, 6) is -2.73. The minimum absolute atomic E-state index is 0.0936. The summed E-state index contributed by atoms with van der Waals surface area (Å²) in [6, 6.07) is 11.4. The molecule has 2 heterocycles. The SMILES string of the molecule is O=C(O)c1ccc2ccc3cc(-c4cccc(Cl)c4S(=O)(=O)O)c(C(=O)O)nc3c2n1. The largest absolute Gasteiger partial charge is 0.477 e. The predicted molar refractivity (Wildman–Crippen MR) is 111 cm³/mol. The topological polar surface area (TPSA) is 155 Å². The first-order chi connectivity index (χ1) is 14.6. The van der Waals surface area contributed by atoms with Crippen LogP contribution >= 0.6 is 11.6 Å². The van der Waals surface area contributed by atoms with Crippen LogP contribution < -0.4 is 0 Å². The van der Waals surface area contributed by atoms with Gasteiger partial charge in [0, 0.05) is 21.9 Å². The molecule has 156 valence electrons. The van der Waals surface area contributed by atoms with Gasteiger partial charge in [0.05, 0.1) is 16.1 Å². The third-order valence-electron chi connectivity index (χ3n) is 4.58. The molecular weight excluding hydrogens is 448 g/mol. The van der Waals surface area contributed by atoms with E-state index in [2.05, 4.69) is 9.97 Å². The average Bonchev–Trinajstić information content (AvgIpc) is 2.70. The van der Waals surface area contributed by atoms with Crippen LogP contribution in [0.5, 0.6) is 0 Å². The van der Waals surface area contributed by atoms with E-state index in [4.69, 9.17) is 11.6 Å². The highest BCUT2D eigenvalue weighted by molar-refractivity contribution is 7.86. The van der Waals surface area contributed by atoms with Crippen molar-refractivity contribution in [2.24, 2.45) is 0 Å². The van der Waals surface area contributed by atoms with Crippen molar-refractivity contribution in [3.63, 3.8) is 0 Å². The van der Waals surface area contributed by atoms with E-state index in [0.29, 0.717) is 10.8 Å². The van der Waals surface area contributed by atoms with Gasteiger partial charge < -0.3 is 10.2 Å². The first kappa shape index (κ1) is 20.7. The zero-order chi connectivity index (χ0) is 22.5. The van der Waals surface area contributed by atoms with Crippen LogP contribution in [0.15, 0.2) is 53.4 Å². The van der Waals surface area contributed by atoms with Crippen LogP contribution in [0.1, 0.15) is 21.0 Å². The number of carbonyl (C=O) groups is 2. The second-order valence-electron chi connectivity index (χ2n) is 6.49. The highest BCUT2D eigenvalue weighted by Crippen LogP contribution is 2.36. The summed E-state index contributed by atoms with van der Waals surface area (Å²) >= 11 is 5.97. The molecule has 2 aromatic heterocycles. The van der Waals surface area contributed by atoms with E-state index in [0.717, 1.165) is 0 Å². The highest BCUT2D eigenvalue weighted by atomic mass is 35.5. The number of rotatable bonds is 4. The lowest BCUT2D eigenvalue weighted by Crippen LogP contribution is -2.08. The molecule has 31 heavy (non-hydrogen) atoms. The lowest BCUT2D eigenvalue weighted by molar-refractivity contribution is 0.0680. The fourth-order valence-corrected chi connectivity index (χ4v) is 4.53. The highest BCUT2D eigenvalue weighted by Gasteiger charge is 2.25. The molecule has 2 aromatic carbocycles. The standard InChI is InChI=1S/C20H11ClN2O7S/c21-13-3-1-2-11(18(13)31(28,29)30)12-8-10-5-4-9-6-7-14(19(24)25)22-15(9)16(10)23-17(12)20(26)27/h1-8H,(H,24,25)(H,26,27)(H,28,29,30). The molecule has 0 amide bonds. The van der Waals surface area contributed by atoms with Crippen molar-refractivity contribution in [2.45, 2.75) is 4.90 Å². The van der Waals surface area contributed by atoms with Crippen LogP contribution in [0.4, 0.5) is 0 Å². The van der Waals surface area contributed by atoms with Crippen molar-refractivity contribution in [3.05, 3.63) is 64.9 Å². The van der Waals surface area contributed by atoms with Crippen molar-refractivity contribution < 1.29 is 32.8 Å². The van der Waals surface area contributed by atoms with Gasteiger partial charge in [-0.25, -0.2) is 19.6 Å². The maximum atomic E-state index is 12.0. The van der Waals surface area contributed by atoms with Crippen LogP contribution in [-0.4, -0.2) is 45.1 Å². The van der Waals surface area contributed by atoms with Crippen molar-refractivity contribution in [1.82, 2.24) is 9.97 Å². The fraction of sp³-hybridized carbons (Fsp3) is 0. The molecule has 0 saturated carbocycles. The third-order valence-corrected chi connectivity index (χ3v) is 5.96. The number of carboxylic acids is 2. The Morgan fingerprint density at radius 2 is 1.48 bits per heavy atom. The molecule has 3 N–H and O–H groups in total. The number of halogens is 1. The summed E-state index contributed by atoms with van der Waals surface area (Å²) < 4.78 is 33.4. The Hall–Kier alpha value is -3.60. The van der Waals surface area contributed by atoms with Crippen LogP contribution in [0.25, 0.3) is 32.9 Å². The molecule has 0 spiro atoms. The number of fused-ring (bicyclic) bond motifs is 3. The summed E-state index contributed by atoms with van der Waals surface area (Å²) in [6.07, 6.45) is 0. The summed E-state index contributed by atoms with van der Waals surface area (Å²) in [5, 5.41) is 19.6. The Balaban J connectivity index is 2.13. The molecule has 0 fully saturated rings. The molecule has 0 atom stereocenters. The number of carboxylic acid groups (broad SMARTS) is 2. The van der Waals surface area contributed by atoms with E-state index >= 15 is 0 Å². The maximum absolute atomic E-state index is 12.0. The number of pyridine rings is 2. The Kier molecular flexibility index (Phi) is 4.85. The maximum Gasteiger partial charge on any atom is 0.355 e. The van der Waals surface area contributed by atoms with Gasteiger partial charge in [0.15, 0.2) is 5.69 Å². The van der Waals surface area contributed by atoms with Gasteiger partial charge in [0.2, 0.25) is 0 Å². The van der Waals surface area contributed by atoms with E-state index in [1.807, 2.05) is 0 Å². The van der Waals surface area contributed by atoms with Crippen LogP contribution in [-0.2, 0) is 10.1 Å². The number of hydrogen-bond donors (Lipinski definition) is 3. The van der Waals surface area contributed by atoms with Crippen LogP contribution in [0.3, 0.4) is 0 Å².